The van der Waals surface area contributed by atoms with Crippen LogP contribution < -0.4 is 5.32 Å². The molecule has 1 aromatic heterocycles. The SMILES string of the molecule is Cc1ccc(NC(=O)COC(=O)c2cncn2-c2ccc(F)cc2)cc1Cl. The van der Waals surface area contributed by atoms with Gasteiger partial charge in [-0.1, -0.05) is 17.7 Å². The molecule has 3 rings (SSSR count). The Bertz CT molecular complexity index is 986. The van der Waals surface area contributed by atoms with Crippen molar-refractivity contribution in [1.82, 2.24) is 9.55 Å². The van der Waals surface area contributed by atoms with Gasteiger partial charge in [0.25, 0.3) is 5.91 Å². The first-order chi connectivity index (χ1) is 12.9. The minimum Gasteiger partial charge on any atom is -0.451 e. The first kappa shape index (κ1) is 18.6. The van der Waals surface area contributed by atoms with Crippen LogP contribution in [0.15, 0.2) is 55.0 Å². The van der Waals surface area contributed by atoms with Crippen LogP contribution in [0, 0.1) is 12.7 Å². The van der Waals surface area contributed by atoms with Crippen molar-refractivity contribution in [2.24, 2.45) is 0 Å². The van der Waals surface area contributed by atoms with Crippen molar-refractivity contribution >= 4 is 29.2 Å². The number of hydrogen-bond donors (Lipinski definition) is 1. The number of benzene rings is 2. The summed E-state index contributed by atoms with van der Waals surface area (Å²) in [6, 6.07) is 10.6. The van der Waals surface area contributed by atoms with E-state index in [1.54, 1.807) is 18.2 Å². The Labute approximate surface area is 159 Å². The summed E-state index contributed by atoms with van der Waals surface area (Å²) in [6.07, 6.45) is 2.71. The summed E-state index contributed by atoms with van der Waals surface area (Å²) in [6.45, 7) is 1.37. The van der Waals surface area contributed by atoms with Crippen molar-refractivity contribution in [3.63, 3.8) is 0 Å². The number of hydrogen-bond acceptors (Lipinski definition) is 4. The van der Waals surface area contributed by atoms with E-state index < -0.39 is 24.3 Å². The molecule has 0 unspecified atom stereocenters. The number of anilines is 1. The summed E-state index contributed by atoms with van der Waals surface area (Å²) in [5.74, 6) is -1.62. The predicted octanol–water partition coefficient (Wildman–Crippen LogP) is 3.77. The summed E-state index contributed by atoms with van der Waals surface area (Å²) >= 11 is 6.01. The third kappa shape index (κ3) is 4.51. The van der Waals surface area contributed by atoms with E-state index in [1.807, 2.05) is 6.92 Å². The lowest BCUT2D eigenvalue weighted by molar-refractivity contribution is -0.119. The molecule has 27 heavy (non-hydrogen) atoms. The number of nitrogens with zero attached hydrogens (tertiary/aromatic N) is 2. The van der Waals surface area contributed by atoms with E-state index in [-0.39, 0.29) is 5.69 Å². The zero-order valence-electron chi connectivity index (χ0n) is 14.3. The van der Waals surface area contributed by atoms with Gasteiger partial charge in [-0.2, -0.15) is 0 Å². The van der Waals surface area contributed by atoms with Gasteiger partial charge in [0.05, 0.1) is 12.5 Å². The highest BCUT2D eigenvalue weighted by Crippen LogP contribution is 2.20. The third-order valence-electron chi connectivity index (χ3n) is 3.74. The van der Waals surface area contributed by atoms with Gasteiger partial charge < -0.3 is 10.1 Å². The first-order valence-electron chi connectivity index (χ1n) is 7.95. The number of carbonyl (C=O) groups is 2. The second-order valence-corrected chi connectivity index (χ2v) is 6.12. The van der Waals surface area contributed by atoms with E-state index >= 15 is 0 Å². The maximum atomic E-state index is 13.1. The molecule has 0 aliphatic carbocycles. The van der Waals surface area contributed by atoms with Gasteiger partial charge in [0, 0.05) is 16.4 Å². The average molecular weight is 388 g/mol. The van der Waals surface area contributed by atoms with E-state index in [4.69, 9.17) is 16.3 Å². The predicted molar refractivity (Wildman–Crippen MR) is 98.6 cm³/mol. The number of carbonyl (C=O) groups excluding carboxylic acids is 2. The standard InChI is InChI=1S/C19H15ClFN3O3/c1-12-2-5-14(8-16(12)20)23-18(25)10-27-19(26)17-9-22-11-24(17)15-6-3-13(21)4-7-15/h2-9,11H,10H2,1H3,(H,23,25). The maximum Gasteiger partial charge on any atom is 0.357 e. The molecule has 1 amide bonds. The Morgan fingerprint density at radius 2 is 1.96 bits per heavy atom. The lowest BCUT2D eigenvalue weighted by atomic mass is 10.2. The van der Waals surface area contributed by atoms with Crippen LogP contribution in [0.2, 0.25) is 5.02 Å². The molecule has 0 saturated heterocycles. The molecule has 138 valence electrons. The van der Waals surface area contributed by atoms with Gasteiger partial charge in [-0.15, -0.1) is 0 Å². The zero-order chi connectivity index (χ0) is 19.4. The quantitative estimate of drug-likeness (QED) is 0.676. The summed E-state index contributed by atoms with van der Waals surface area (Å²) in [5, 5.41) is 3.12. The van der Waals surface area contributed by atoms with E-state index in [2.05, 4.69) is 10.3 Å². The molecule has 0 spiro atoms. The Balaban J connectivity index is 1.63. The van der Waals surface area contributed by atoms with Crippen molar-refractivity contribution < 1.29 is 18.7 Å². The fourth-order valence-corrected chi connectivity index (χ4v) is 2.51. The van der Waals surface area contributed by atoms with E-state index in [1.165, 1.54) is 41.4 Å². The molecule has 3 aromatic rings. The number of imidazole rings is 1. The number of nitrogens with one attached hydrogen (secondary N) is 1. The molecule has 0 fully saturated rings. The molecular weight excluding hydrogens is 373 g/mol. The highest BCUT2D eigenvalue weighted by atomic mass is 35.5. The first-order valence-corrected chi connectivity index (χ1v) is 8.33. The lowest BCUT2D eigenvalue weighted by Crippen LogP contribution is -2.22. The van der Waals surface area contributed by atoms with Crippen LogP contribution in [0.25, 0.3) is 5.69 Å². The van der Waals surface area contributed by atoms with Crippen LogP contribution in [0.1, 0.15) is 16.1 Å². The van der Waals surface area contributed by atoms with E-state index in [0.717, 1.165) is 5.56 Å². The Kier molecular flexibility index (Phi) is 5.52. The molecule has 8 heteroatoms. The van der Waals surface area contributed by atoms with E-state index in [0.29, 0.717) is 16.4 Å². The number of halogens is 2. The molecule has 1 heterocycles. The molecule has 0 aliphatic heterocycles. The number of aromatic nitrogens is 2. The smallest absolute Gasteiger partial charge is 0.357 e. The largest absolute Gasteiger partial charge is 0.451 e. The van der Waals surface area contributed by atoms with Crippen molar-refractivity contribution in [3.05, 3.63) is 77.1 Å². The van der Waals surface area contributed by atoms with Crippen molar-refractivity contribution in [1.29, 1.82) is 0 Å². The molecule has 1 N–H and O–H groups in total. The van der Waals surface area contributed by atoms with Crippen LogP contribution in [0.5, 0.6) is 0 Å². The number of esters is 1. The second kappa shape index (κ2) is 8.01. The minimum atomic E-state index is -0.728. The van der Waals surface area contributed by atoms with Gasteiger partial charge in [-0.05, 0) is 48.9 Å². The van der Waals surface area contributed by atoms with Gasteiger partial charge in [0.15, 0.2) is 12.3 Å². The molecule has 0 bridgehead atoms. The van der Waals surface area contributed by atoms with E-state index in [9.17, 15) is 14.0 Å². The number of amides is 1. The Morgan fingerprint density at radius 3 is 2.67 bits per heavy atom. The molecule has 0 radical (unpaired) electrons. The summed E-state index contributed by atoms with van der Waals surface area (Å²) in [4.78, 5) is 28.2. The Morgan fingerprint density at radius 1 is 1.22 bits per heavy atom. The van der Waals surface area contributed by atoms with Crippen LogP contribution in [-0.4, -0.2) is 28.0 Å². The van der Waals surface area contributed by atoms with Crippen LogP contribution in [0.4, 0.5) is 10.1 Å². The van der Waals surface area contributed by atoms with Gasteiger partial charge in [0.1, 0.15) is 5.82 Å². The maximum absolute atomic E-state index is 13.1. The van der Waals surface area contributed by atoms with Gasteiger partial charge in [0.2, 0.25) is 0 Å². The molecule has 6 nitrogen and oxygen atoms in total. The monoisotopic (exact) mass is 387 g/mol. The fraction of sp³-hybridized carbons (Fsp3) is 0.105. The summed E-state index contributed by atoms with van der Waals surface area (Å²) < 4.78 is 19.5. The second-order valence-electron chi connectivity index (χ2n) is 5.71. The molecule has 0 saturated carbocycles. The van der Waals surface area contributed by atoms with Gasteiger partial charge in [-0.25, -0.2) is 14.2 Å². The van der Waals surface area contributed by atoms with Crippen molar-refractivity contribution in [3.8, 4) is 5.69 Å². The summed E-state index contributed by atoms with van der Waals surface area (Å²) in [5.41, 5.74) is 2.05. The number of rotatable bonds is 5. The molecular formula is C19H15ClFN3O3. The fourth-order valence-electron chi connectivity index (χ4n) is 2.33. The van der Waals surface area contributed by atoms with Crippen molar-refractivity contribution in [2.75, 3.05) is 11.9 Å². The lowest BCUT2D eigenvalue weighted by Gasteiger charge is -2.09. The van der Waals surface area contributed by atoms with Crippen LogP contribution in [0.3, 0.4) is 0 Å². The van der Waals surface area contributed by atoms with Gasteiger partial charge >= 0.3 is 5.97 Å². The topological polar surface area (TPSA) is 73.2 Å². The molecule has 2 aromatic carbocycles. The summed E-state index contributed by atoms with van der Waals surface area (Å²) in [7, 11) is 0. The highest BCUT2D eigenvalue weighted by molar-refractivity contribution is 6.31. The number of aryl methyl sites for hydroxylation is 1. The van der Waals surface area contributed by atoms with Crippen molar-refractivity contribution in [2.45, 2.75) is 6.92 Å². The minimum absolute atomic E-state index is 0.118. The van der Waals surface area contributed by atoms with Gasteiger partial charge in [-0.3, -0.25) is 9.36 Å². The Hall–Kier alpha value is -3.19. The number of ether oxygens (including phenoxy) is 1. The molecule has 0 aliphatic rings. The van der Waals surface area contributed by atoms with Crippen LogP contribution in [-0.2, 0) is 9.53 Å². The third-order valence-corrected chi connectivity index (χ3v) is 4.15. The molecule has 0 atom stereocenters. The zero-order valence-corrected chi connectivity index (χ0v) is 15.0. The normalized spacial score (nSPS) is 10.5. The highest BCUT2D eigenvalue weighted by Gasteiger charge is 2.16. The van der Waals surface area contributed by atoms with Crippen LogP contribution >= 0.6 is 11.6 Å². The average Bonchev–Trinajstić information content (AvgIpc) is 3.13.